The molecular formula is C11H17NO. The van der Waals surface area contributed by atoms with E-state index in [-0.39, 0.29) is 5.41 Å². The minimum Gasteiger partial charge on any atom is -0.377 e. The van der Waals surface area contributed by atoms with E-state index in [1.54, 1.807) is 0 Å². The number of nitrogens with zero attached hydrogens (tertiary/aromatic N) is 1. The molecular weight excluding hydrogens is 162 g/mol. The number of hydrogen-bond acceptors (Lipinski definition) is 1. The molecule has 13 heavy (non-hydrogen) atoms. The second kappa shape index (κ2) is 2.88. The maximum Gasteiger partial charge on any atom is 0.0797 e. The monoisotopic (exact) mass is 179 g/mol. The number of hydrogen-bond donors (Lipinski definition) is 0. The van der Waals surface area contributed by atoms with Crippen LogP contribution in [-0.4, -0.2) is 17.8 Å². The Hall–Kier alpha value is -0.760. The van der Waals surface area contributed by atoms with Crippen LogP contribution >= 0.6 is 0 Å². The van der Waals surface area contributed by atoms with Gasteiger partial charge in [0.05, 0.1) is 19.3 Å². The van der Waals surface area contributed by atoms with Crippen LogP contribution in [0.3, 0.4) is 0 Å². The number of rotatable bonds is 1. The molecule has 0 spiro atoms. The largest absolute Gasteiger partial charge is 0.377 e. The minimum absolute atomic E-state index is 0.260. The van der Waals surface area contributed by atoms with Gasteiger partial charge < -0.3 is 9.30 Å². The first-order valence-corrected chi connectivity index (χ1v) is 4.83. The van der Waals surface area contributed by atoms with Gasteiger partial charge in [-0.05, 0) is 17.0 Å². The standard InChI is InChI=1S/C11H17NO/c1-11(2,3)9-4-5-12(6-9)10-7-13-8-10/h4-6,10H,7-8H2,1-3H3. The maximum atomic E-state index is 5.16. The van der Waals surface area contributed by atoms with Crippen LogP contribution in [0.2, 0.25) is 0 Å². The second-order valence-electron chi connectivity index (χ2n) is 4.79. The van der Waals surface area contributed by atoms with Crippen LogP contribution in [0.5, 0.6) is 0 Å². The van der Waals surface area contributed by atoms with E-state index in [0.29, 0.717) is 6.04 Å². The lowest BCUT2D eigenvalue weighted by molar-refractivity contribution is -0.0232. The highest BCUT2D eigenvalue weighted by molar-refractivity contribution is 5.20. The Bertz CT molecular complexity index is 291. The first kappa shape index (κ1) is 8.82. The zero-order chi connectivity index (χ0) is 9.47. The van der Waals surface area contributed by atoms with E-state index in [9.17, 15) is 0 Å². The number of aromatic nitrogens is 1. The highest BCUT2D eigenvalue weighted by Gasteiger charge is 2.22. The van der Waals surface area contributed by atoms with Crippen molar-refractivity contribution in [3.63, 3.8) is 0 Å². The molecule has 0 aliphatic carbocycles. The Balaban J connectivity index is 2.17. The van der Waals surface area contributed by atoms with E-state index >= 15 is 0 Å². The van der Waals surface area contributed by atoms with Crippen molar-refractivity contribution < 1.29 is 4.74 Å². The van der Waals surface area contributed by atoms with E-state index < -0.39 is 0 Å². The summed E-state index contributed by atoms with van der Waals surface area (Å²) >= 11 is 0. The average molecular weight is 179 g/mol. The van der Waals surface area contributed by atoms with Crippen molar-refractivity contribution in [2.24, 2.45) is 0 Å². The Labute approximate surface area is 79.5 Å². The third-order valence-corrected chi connectivity index (χ3v) is 2.62. The molecule has 1 saturated heterocycles. The zero-order valence-electron chi connectivity index (χ0n) is 8.58. The van der Waals surface area contributed by atoms with Crippen molar-refractivity contribution in [1.29, 1.82) is 0 Å². The van der Waals surface area contributed by atoms with Crippen LogP contribution in [0.4, 0.5) is 0 Å². The van der Waals surface area contributed by atoms with Crippen molar-refractivity contribution in [1.82, 2.24) is 4.57 Å². The highest BCUT2D eigenvalue weighted by Crippen LogP contribution is 2.25. The second-order valence-corrected chi connectivity index (χ2v) is 4.79. The molecule has 0 radical (unpaired) electrons. The van der Waals surface area contributed by atoms with Gasteiger partial charge in [-0.25, -0.2) is 0 Å². The third kappa shape index (κ3) is 1.63. The zero-order valence-corrected chi connectivity index (χ0v) is 8.58. The van der Waals surface area contributed by atoms with Gasteiger partial charge in [-0.3, -0.25) is 0 Å². The lowest BCUT2D eigenvalue weighted by Crippen LogP contribution is -2.29. The molecule has 0 atom stereocenters. The molecule has 1 aliphatic heterocycles. The summed E-state index contributed by atoms with van der Waals surface area (Å²) in [5, 5.41) is 0. The number of ether oxygens (including phenoxy) is 1. The summed E-state index contributed by atoms with van der Waals surface area (Å²) in [4.78, 5) is 0. The first-order chi connectivity index (χ1) is 6.07. The molecule has 72 valence electrons. The Morgan fingerprint density at radius 3 is 2.46 bits per heavy atom. The predicted octanol–water partition coefficient (Wildman–Crippen LogP) is 2.36. The summed E-state index contributed by atoms with van der Waals surface area (Å²) in [5.74, 6) is 0. The van der Waals surface area contributed by atoms with Gasteiger partial charge in [-0.1, -0.05) is 20.8 Å². The van der Waals surface area contributed by atoms with Crippen LogP contribution in [0.25, 0.3) is 0 Å². The van der Waals surface area contributed by atoms with E-state index in [2.05, 4.69) is 43.8 Å². The van der Waals surface area contributed by atoms with Crippen molar-refractivity contribution in [3.8, 4) is 0 Å². The SMILES string of the molecule is CC(C)(C)c1ccn(C2COC2)c1. The van der Waals surface area contributed by atoms with E-state index in [1.165, 1.54) is 5.56 Å². The smallest absolute Gasteiger partial charge is 0.0797 e. The van der Waals surface area contributed by atoms with Gasteiger partial charge in [0.15, 0.2) is 0 Å². The molecule has 1 aromatic heterocycles. The van der Waals surface area contributed by atoms with Crippen molar-refractivity contribution in [3.05, 3.63) is 24.0 Å². The molecule has 1 fully saturated rings. The van der Waals surface area contributed by atoms with Gasteiger partial charge >= 0.3 is 0 Å². The van der Waals surface area contributed by atoms with E-state index in [1.807, 2.05) is 0 Å². The lowest BCUT2D eigenvalue weighted by Gasteiger charge is -2.27. The van der Waals surface area contributed by atoms with E-state index in [0.717, 1.165) is 13.2 Å². The van der Waals surface area contributed by atoms with Crippen LogP contribution in [0.15, 0.2) is 18.5 Å². The normalized spacial score (nSPS) is 18.7. The molecule has 2 nitrogen and oxygen atoms in total. The Morgan fingerprint density at radius 1 is 1.38 bits per heavy atom. The van der Waals surface area contributed by atoms with Gasteiger partial charge in [-0.15, -0.1) is 0 Å². The molecule has 1 aromatic rings. The minimum atomic E-state index is 0.260. The Kier molecular flexibility index (Phi) is 1.95. The summed E-state index contributed by atoms with van der Waals surface area (Å²) in [5.41, 5.74) is 1.66. The van der Waals surface area contributed by atoms with Gasteiger partial charge in [0, 0.05) is 12.4 Å². The van der Waals surface area contributed by atoms with Gasteiger partial charge in [0.1, 0.15) is 0 Å². The topological polar surface area (TPSA) is 14.2 Å². The average Bonchev–Trinajstić information content (AvgIpc) is 2.29. The lowest BCUT2D eigenvalue weighted by atomic mass is 9.89. The summed E-state index contributed by atoms with van der Waals surface area (Å²) in [6, 6.07) is 2.79. The fourth-order valence-electron chi connectivity index (χ4n) is 1.48. The highest BCUT2D eigenvalue weighted by atomic mass is 16.5. The summed E-state index contributed by atoms with van der Waals surface area (Å²) < 4.78 is 7.43. The van der Waals surface area contributed by atoms with Crippen molar-refractivity contribution >= 4 is 0 Å². The quantitative estimate of drug-likeness (QED) is 0.645. The molecule has 0 aromatic carbocycles. The maximum absolute atomic E-state index is 5.16. The molecule has 1 aliphatic rings. The summed E-state index contributed by atoms with van der Waals surface area (Å²) in [6.45, 7) is 8.47. The predicted molar refractivity (Wildman–Crippen MR) is 53.0 cm³/mol. The van der Waals surface area contributed by atoms with Crippen LogP contribution < -0.4 is 0 Å². The van der Waals surface area contributed by atoms with Crippen LogP contribution in [-0.2, 0) is 10.2 Å². The molecule has 0 unspecified atom stereocenters. The van der Waals surface area contributed by atoms with Crippen molar-refractivity contribution in [2.75, 3.05) is 13.2 Å². The van der Waals surface area contributed by atoms with Gasteiger partial charge in [-0.2, -0.15) is 0 Å². The molecule has 0 amide bonds. The fourth-order valence-corrected chi connectivity index (χ4v) is 1.48. The third-order valence-electron chi connectivity index (χ3n) is 2.62. The van der Waals surface area contributed by atoms with Crippen LogP contribution in [0, 0.1) is 0 Å². The van der Waals surface area contributed by atoms with Gasteiger partial charge in [0.2, 0.25) is 0 Å². The molecule has 2 heteroatoms. The van der Waals surface area contributed by atoms with Crippen LogP contribution in [0.1, 0.15) is 32.4 Å². The first-order valence-electron chi connectivity index (χ1n) is 4.83. The summed E-state index contributed by atoms with van der Waals surface area (Å²) in [7, 11) is 0. The van der Waals surface area contributed by atoms with Gasteiger partial charge in [0.25, 0.3) is 0 Å². The molecule has 2 rings (SSSR count). The summed E-state index contributed by atoms with van der Waals surface area (Å²) in [6.07, 6.45) is 4.40. The van der Waals surface area contributed by atoms with E-state index in [4.69, 9.17) is 4.74 Å². The van der Waals surface area contributed by atoms with Crippen molar-refractivity contribution in [2.45, 2.75) is 32.2 Å². The molecule has 2 heterocycles. The fraction of sp³-hybridized carbons (Fsp3) is 0.636. The Morgan fingerprint density at radius 2 is 2.08 bits per heavy atom. The molecule has 0 saturated carbocycles. The molecule has 0 N–H and O–H groups in total. The molecule has 0 bridgehead atoms.